The minimum absolute atomic E-state index is 0.0509. The number of nitrogens with zero attached hydrogens (tertiary/aromatic N) is 4. The molecule has 0 saturated carbocycles. The SMILES string of the molecule is CN(C)C(=N)N=C(N)N.CN(CCOc1ccc(CC2SC(=O)NC2=O)cc1)c1ccccn1.O=C(O)/C=C\C(=O)O. The van der Waals surface area contributed by atoms with Crippen molar-refractivity contribution in [3.8, 4) is 5.75 Å². The van der Waals surface area contributed by atoms with Crippen LogP contribution in [0.15, 0.2) is 65.8 Å². The van der Waals surface area contributed by atoms with E-state index in [0.29, 0.717) is 25.2 Å². The van der Waals surface area contributed by atoms with E-state index >= 15 is 0 Å². The maximum Gasteiger partial charge on any atom is 0.328 e. The van der Waals surface area contributed by atoms with Crippen LogP contribution in [0.5, 0.6) is 5.75 Å². The third-order valence-corrected chi connectivity index (χ3v) is 5.86. The molecule has 0 bridgehead atoms. The summed E-state index contributed by atoms with van der Waals surface area (Å²) in [7, 11) is 5.35. The average Bonchev–Trinajstić information content (AvgIpc) is 3.25. The number of carbonyl (C=O) groups excluding carboxylic acids is 2. The van der Waals surface area contributed by atoms with Gasteiger partial charge < -0.3 is 36.2 Å². The van der Waals surface area contributed by atoms with Crippen LogP contribution >= 0.6 is 11.8 Å². The summed E-state index contributed by atoms with van der Waals surface area (Å²) < 4.78 is 5.75. The Kier molecular flexibility index (Phi) is 15.2. The highest BCUT2D eigenvalue weighted by molar-refractivity contribution is 8.15. The highest BCUT2D eigenvalue weighted by Gasteiger charge is 2.31. The number of thioether (sulfide) groups is 1. The number of hydrogen-bond acceptors (Lipinski definition) is 9. The van der Waals surface area contributed by atoms with Crippen molar-refractivity contribution in [2.75, 3.05) is 39.2 Å². The molecule has 2 amide bonds. The van der Waals surface area contributed by atoms with Gasteiger partial charge in [0.2, 0.25) is 11.9 Å². The van der Waals surface area contributed by atoms with Crippen molar-refractivity contribution in [3.63, 3.8) is 0 Å². The number of aliphatic carboxylic acids is 2. The normalized spacial score (nSPS) is 13.5. The fourth-order valence-electron chi connectivity index (χ4n) is 2.82. The van der Waals surface area contributed by atoms with Crippen LogP contribution in [0, 0.1) is 5.41 Å². The zero-order valence-electron chi connectivity index (χ0n) is 23.3. The molecule has 16 heteroatoms. The second-order valence-corrected chi connectivity index (χ2v) is 9.63. The number of carboxylic acids is 2. The largest absolute Gasteiger partial charge is 0.492 e. The van der Waals surface area contributed by atoms with E-state index in [1.807, 2.05) is 54.4 Å². The number of nitrogens with one attached hydrogen (secondary N) is 2. The Balaban J connectivity index is 0.000000428. The average molecular weight is 603 g/mol. The first-order valence-electron chi connectivity index (χ1n) is 12.1. The van der Waals surface area contributed by atoms with Gasteiger partial charge in [-0.05, 0) is 36.2 Å². The first-order valence-corrected chi connectivity index (χ1v) is 13.0. The van der Waals surface area contributed by atoms with Crippen LogP contribution in [-0.4, -0.2) is 94.6 Å². The number of pyridine rings is 1. The van der Waals surface area contributed by atoms with Crippen molar-refractivity contribution in [1.82, 2.24) is 15.2 Å². The summed E-state index contributed by atoms with van der Waals surface area (Å²) in [6, 6.07) is 13.4. The number of guanidine groups is 2. The zero-order valence-corrected chi connectivity index (χ0v) is 24.1. The third kappa shape index (κ3) is 14.9. The smallest absolute Gasteiger partial charge is 0.328 e. The van der Waals surface area contributed by atoms with Gasteiger partial charge in [0.15, 0.2) is 5.96 Å². The molecule has 2 aromatic rings. The summed E-state index contributed by atoms with van der Waals surface area (Å²) in [6.07, 6.45) is 3.41. The summed E-state index contributed by atoms with van der Waals surface area (Å²) in [4.78, 5) is 53.2. The van der Waals surface area contributed by atoms with Crippen LogP contribution in [0.2, 0.25) is 0 Å². The molecule has 1 aliphatic heterocycles. The first-order chi connectivity index (χ1) is 19.8. The monoisotopic (exact) mass is 602 g/mol. The Hall–Kier alpha value is -5.12. The molecule has 1 atom stereocenters. The molecule has 1 aromatic heterocycles. The Bertz CT molecular complexity index is 1250. The minimum atomic E-state index is -1.26. The maximum atomic E-state index is 11.6. The molecule has 1 fully saturated rings. The van der Waals surface area contributed by atoms with Crippen molar-refractivity contribution in [2.24, 2.45) is 16.5 Å². The highest BCUT2D eigenvalue weighted by atomic mass is 32.2. The molecule has 42 heavy (non-hydrogen) atoms. The molecular weight excluding hydrogens is 568 g/mol. The Labute approximate surface area is 246 Å². The maximum absolute atomic E-state index is 11.6. The quantitative estimate of drug-likeness (QED) is 0.133. The van der Waals surface area contributed by atoms with Gasteiger partial charge in [0.05, 0.1) is 11.8 Å². The van der Waals surface area contributed by atoms with Crippen LogP contribution in [0.3, 0.4) is 0 Å². The van der Waals surface area contributed by atoms with Gasteiger partial charge in [0, 0.05) is 39.5 Å². The first kappa shape index (κ1) is 34.9. The van der Waals surface area contributed by atoms with Crippen LogP contribution in [0.4, 0.5) is 10.6 Å². The van der Waals surface area contributed by atoms with E-state index in [-0.39, 0.29) is 28.3 Å². The van der Waals surface area contributed by atoms with Crippen molar-refractivity contribution in [2.45, 2.75) is 11.7 Å². The molecule has 1 saturated heterocycles. The molecular formula is C26H34N8O7S. The lowest BCUT2D eigenvalue weighted by atomic mass is 10.1. The number of hydrogen-bond donors (Lipinski definition) is 6. The lowest BCUT2D eigenvalue weighted by Gasteiger charge is -2.18. The second kappa shape index (κ2) is 18.3. The number of benzene rings is 1. The van der Waals surface area contributed by atoms with Crippen molar-refractivity contribution >= 4 is 52.6 Å². The van der Waals surface area contributed by atoms with Crippen LogP contribution in [0.25, 0.3) is 0 Å². The van der Waals surface area contributed by atoms with E-state index in [2.05, 4.69) is 15.3 Å². The second-order valence-electron chi connectivity index (χ2n) is 8.45. The zero-order chi connectivity index (χ0) is 31.7. The van der Waals surface area contributed by atoms with E-state index in [9.17, 15) is 19.2 Å². The number of carboxylic acid groups (broad SMARTS) is 2. The van der Waals surface area contributed by atoms with Crippen LogP contribution < -0.4 is 26.4 Å². The summed E-state index contributed by atoms with van der Waals surface area (Å²) in [5.74, 6) is -1.09. The summed E-state index contributed by atoms with van der Waals surface area (Å²) in [6.45, 7) is 1.27. The number of ether oxygens (including phenoxy) is 1. The van der Waals surface area contributed by atoms with Crippen LogP contribution in [0.1, 0.15) is 5.56 Å². The fourth-order valence-corrected chi connectivity index (χ4v) is 3.68. The molecule has 226 valence electrons. The number of amides is 2. The van der Waals surface area contributed by atoms with Gasteiger partial charge in [-0.2, -0.15) is 4.99 Å². The predicted molar refractivity (Wildman–Crippen MR) is 160 cm³/mol. The Morgan fingerprint density at radius 2 is 1.71 bits per heavy atom. The van der Waals surface area contributed by atoms with Gasteiger partial charge >= 0.3 is 11.9 Å². The van der Waals surface area contributed by atoms with E-state index in [4.69, 9.17) is 31.8 Å². The van der Waals surface area contributed by atoms with Crippen LogP contribution in [-0.2, 0) is 20.8 Å². The number of rotatable bonds is 9. The van der Waals surface area contributed by atoms with Gasteiger partial charge in [-0.25, -0.2) is 14.6 Å². The number of likely N-dealkylation sites (N-methyl/N-ethyl adjacent to an activating group) is 1. The molecule has 1 aromatic carbocycles. The van der Waals surface area contributed by atoms with Gasteiger partial charge in [-0.15, -0.1) is 0 Å². The number of anilines is 1. The van der Waals surface area contributed by atoms with Crippen molar-refractivity contribution in [3.05, 3.63) is 66.4 Å². The van der Waals surface area contributed by atoms with Gasteiger partial charge in [0.1, 0.15) is 18.2 Å². The molecule has 3 rings (SSSR count). The summed E-state index contributed by atoms with van der Waals surface area (Å²) in [5.41, 5.74) is 11.0. The topological polar surface area (TPSA) is 238 Å². The third-order valence-electron chi connectivity index (χ3n) is 4.87. The molecule has 15 nitrogen and oxygen atoms in total. The lowest BCUT2D eigenvalue weighted by molar-refractivity contribution is -0.134. The van der Waals surface area contributed by atoms with E-state index in [1.165, 1.54) is 4.90 Å². The minimum Gasteiger partial charge on any atom is -0.492 e. The molecule has 8 N–H and O–H groups in total. The lowest BCUT2D eigenvalue weighted by Crippen LogP contribution is -2.28. The number of nitrogens with two attached hydrogens (primary N) is 2. The van der Waals surface area contributed by atoms with Crippen molar-refractivity contribution in [1.29, 1.82) is 5.41 Å². The molecule has 1 aliphatic rings. The fraction of sp³-hybridized carbons (Fsp3) is 0.269. The van der Waals surface area contributed by atoms with E-state index in [0.717, 1.165) is 35.4 Å². The van der Waals surface area contributed by atoms with Gasteiger partial charge in [-0.3, -0.25) is 20.3 Å². The van der Waals surface area contributed by atoms with Crippen molar-refractivity contribution < 1.29 is 34.1 Å². The molecule has 0 spiro atoms. The van der Waals surface area contributed by atoms with Gasteiger partial charge in [0.25, 0.3) is 5.24 Å². The van der Waals surface area contributed by atoms with Gasteiger partial charge in [-0.1, -0.05) is 30.0 Å². The standard InChI is InChI=1S/C18H19N3O3S.C4H11N5.C4H4O4/c1-21(16-4-2-3-9-19-16)10-11-24-14-7-5-13(6-8-14)12-15-17(22)20-18(23)25-15;1-9(2)4(7)8-3(5)6;5-3(6)1-2-4(7)8/h2-9,15H,10-12H2,1H3,(H,20,22,23);1-2H3,(H5,5,6,7,8);1-2H,(H,5,6)(H,7,8)/b;;2-1-. The number of imide groups is 1. The summed E-state index contributed by atoms with van der Waals surface area (Å²) >= 11 is 1.05. The molecule has 0 aliphatic carbocycles. The summed E-state index contributed by atoms with van der Waals surface area (Å²) in [5, 5.41) is 24.4. The highest BCUT2D eigenvalue weighted by Crippen LogP contribution is 2.23. The number of aliphatic imine (C=N–C) groups is 1. The molecule has 2 heterocycles. The number of carbonyl (C=O) groups is 4. The number of aromatic nitrogens is 1. The Morgan fingerprint density at radius 1 is 1.10 bits per heavy atom. The van der Waals surface area contributed by atoms with E-state index in [1.54, 1.807) is 20.3 Å². The molecule has 0 radical (unpaired) electrons. The predicted octanol–water partition coefficient (Wildman–Crippen LogP) is 0.959. The molecule has 1 unspecified atom stereocenters. The Morgan fingerprint density at radius 3 is 2.14 bits per heavy atom. The van der Waals surface area contributed by atoms with E-state index < -0.39 is 11.9 Å².